The second kappa shape index (κ2) is 9.49. The molecule has 0 radical (unpaired) electrons. The minimum absolute atomic E-state index is 0.117. The number of hydrogen-bond acceptors (Lipinski definition) is 4. The van der Waals surface area contributed by atoms with Crippen LogP contribution in [0.5, 0.6) is 11.5 Å². The van der Waals surface area contributed by atoms with Crippen LogP contribution in [-0.2, 0) is 6.18 Å². The van der Waals surface area contributed by atoms with Gasteiger partial charge in [-0.3, -0.25) is 5.32 Å². The Kier molecular flexibility index (Phi) is 6.67. The highest BCUT2D eigenvalue weighted by Gasteiger charge is 2.31. The van der Waals surface area contributed by atoms with Crippen LogP contribution in [0, 0.1) is 0 Å². The van der Waals surface area contributed by atoms with E-state index in [2.05, 4.69) is 26.6 Å². The topological polar surface area (TPSA) is 53.5 Å². The number of aromatic hydroxyl groups is 1. The van der Waals surface area contributed by atoms with E-state index in [-0.39, 0.29) is 5.75 Å². The maximum absolute atomic E-state index is 13.0. The van der Waals surface area contributed by atoms with E-state index in [1.54, 1.807) is 12.1 Å². The zero-order valence-corrected chi connectivity index (χ0v) is 19.2. The largest absolute Gasteiger partial charge is 0.508 e. The lowest BCUT2D eigenvalue weighted by atomic mass is 9.97. The van der Waals surface area contributed by atoms with Crippen LogP contribution in [0.25, 0.3) is 5.70 Å². The normalized spacial score (nSPS) is 18.4. The minimum Gasteiger partial charge on any atom is -0.508 e. The summed E-state index contributed by atoms with van der Waals surface area (Å²) in [6.45, 7) is 2.47. The maximum atomic E-state index is 13.0. The van der Waals surface area contributed by atoms with Crippen LogP contribution < -0.4 is 15.4 Å². The number of hydrogen-bond donors (Lipinski definition) is 3. The van der Waals surface area contributed by atoms with E-state index in [0.29, 0.717) is 17.7 Å². The number of phenolic OH excluding ortho intramolecular Hbond substituents is 1. The first-order valence-corrected chi connectivity index (χ1v) is 11.2. The van der Waals surface area contributed by atoms with Crippen LogP contribution in [0.2, 0.25) is 0 Å². The number of halogens is 4. The van der Waals surface area contributed by atoms with E-state index in [9.17, 15) is 18.3 Å². The molecule has 8 heteroatoms. The summed E-state index contributed by atoms with van der Waals surface area (Å²) >= 11 is 3.44. The van der Waals surface area contributed by atoms with Gasteiger partial charge in [0, 0.05) is 15.7 Å². The number of phenols is 1. The van der Waals surface area contributed by atoms with Gasteiger partial charge >= 0.3 is 6.18 Å². The van der Waals surface area contributed by atoms with E-state index in [1.165, 1.54) is 12.1 Å². The van der Waals surface area contributed by atoms with Gasteiger partial charge in [-0.1, -0.05) is 28.1 Å². The quantitative estimate of drug-likeness (QED) is 0.358. The third-order valence-corrected chi connectivity index (χ3v) is 5.84. The van der Waals surface area contributed by atoms with E-state index in [1.807, 2.05) is 43.3 Å². The maximum Gasteiger partial charge on any atom is 0.416 e. The van der Waals surface area contributed by atoms with Gasteiger partial charge in [0.2, 0.25) is 0 Å². The second-order valence-corrected chi connectivity index (χ2v) is 8.50. The molecule has 3 aromatic rings. The molecule has 1 aliphatic heterocycles. The van der Waals surface area contributed by atoms with Crippen LogP contribution >= 0.6 is 15.9 Å². The fraction of sp³-hybridized carbons (Fsp3) is 0.200. The first kappa shape index (κ1) is 23.2. The monoisotopic (exact) mass is 518 g/mol. The molecule has 0 aliphatic carbocycles. The van der Waals surface area contributed by atoms with Gasteiger partial charge in [0.05, 0.1) is 18.2 Å². The van der Waals surface area contributed by atoms with Crippen molar-refractivity contribution in [2.75, 3.05) is 6.61 Å². The number of benzene rings is 3. The highest BCUT2D eigenvalue weighted by molar-refractivity contribution is 9.10. The van der Waals surface area contributed by atoms with Gasteiger partial charge in [-0.15, -0.1) is 0 Å². The zero-order valence-electron chi connectivity index (χ0n) is 17.7. The third-order valence-electron chi connectivity index (χ3n) is 5.35. The van der Waals surface area contributed by atoms with Crippen molar-refractivity contribution in [3.63, 3.8) is 0 Å². The molecule has 0 spiro atoms. The number of alkyl halides is 3. The van der Waals surface area contributed by atoms with Crippen molar-refractivity contribution in [3.8, 4) is 11.5 Å². The average Bonchev–Trinajstić information content (AvgIpc) is 2.80. The molecular formula is C25H22BrF3N2O2. The van der Waals surface area contributed by atoms with Crippen molar-refractivity contribution in [1.29, 1.82) is 0 Å². The van der Waals surface area contributed by atoms with Crippen molar-refractivity contribution in [2.24, 2.45) is 0 Å². The number of ether oxygens (including phenoxy) is 1. The first-order chi connectivity index (χ1) is 15.7. The number of nitrogens with one attached hydrogen (secondary N) is 2. The first-order valence-electron chi connectivity index (χ1n) is 10.4. The van der Waals surface area contributed by atoms with Gasteiger partial charge in [-0.2, -0.15) is 13.2 Å². The minimum atomic E-state index is -4.40. The molecule has 4 rings (SSSR count). The predicted molar refractivity (Wildman–Crippen MR) is 125 cm³/mol. The lowest BCUT2D eigenvalue weighted by Gasteiger charge is -2.33. The molecule has 33 heavy (non-hydrogen) atoms. The van der Waals surface area contributed by atoms with Crippen molar-refractivity contribution >= 4 is 21.6 Å². The number of rotatable bonds is 5. The molecular weight excluding hydrogens is 497 g/mol. The highest BCUT2D eigenvalue weighted by atomic mass is 79.9. The summed E-state index contributed by atoms with van der Waals surface area (Å²) in [7, 11) is 0. The highest BCUT2D eigenvalue weighted by Crippen LogP contribution is 2.36. The average molecular weight is 519 g/mol. The molecule has 0 bridgehead atoms. The molecule has 1 heterocycles. The fourth-order valence-corrected chi connectivity index (χ4v) is 4.09. The molecule has 1 aliphatic rings. The molecule has 2 unspecified atom stereocenters. The van der Waals surface area contributed by atoms with Crippen LogP contribution in [0.3, 0.4) is 0 Å². The van der Waals surface area contributed by atoms with Crippen LogP contribution in [-0.4, -0.2) is 11.7 Å². The predicted octanol–water partition coefficient (Wildman–Crippen LogP) is 6.55. The summed E-state index contributed by atoms with van der Waals surface area (Å²) in [5, 5.41) is 17.2. The molecule has 0 saturated heterocycles. The fourth-order valence-electron chi connectivity index (χ4n) is 3.71. The molecule has 0 saturated carbocycles. The molecule has 0 aromatic heterocycles. The van der Waals surface area contributed by atoms with E-state index in [4.69, 9.17) is 4.74 Å². The summed E-state index contributed by atoms with van der Waals surface area (Å²) in [6, 6.07) is 17.4. The van der Waals surface area contributed by atoms with Crippen molar-refractivity contribution in [3.05, 3.63) is 99.5 Å². The molecule has 2 atom stereocenters. The zero-order chi connectivity index (χ0) is 23.6. The van der Waals surface area contributed by atoms with Gasteiger partial charge < -0.3 is 15.2 Å². The molecule has 3 aromatic carbocycles. The van der Waals surface area contributed by atoms with Crippen molar-refractivity contribution in [1.82, 2.24) is 10.6 Å². The van der Waals surface area contributed by atoms with Gasteiger partial charge in [0.15, 0.2) is 0 Å². The SMILES string of the molecule is CCOc1ccc(C2=CC(c3cc(Br)ccc3O)NC(c3ccc(C(F)(F)F)cc3)N2)cc1. The molecule has 0 fully saturated rings. The Morgan fingerprint density at radius 2 is 1.70 bits per heavy atom. The van der Waals surface area contributed by atoms with Crippen LogP contribution in [0.15, 0.2) is 77.3 Å². The van der Waals surface area contributed by atoms with Gasteiger partial charge in [-0.25, -0.2) is 0 Å². The Morgan fingerprint density at radius 3 is 2.33 bits per heavy atom. The van der Waals surface area contributed by atoms with E-state index in [0.717, 1.165) is 33.6 Å². The Balaban J connectivity index is 1.71. The molecule has 4 nitrogen and oxygen atoms in total. The summed E-state index contributed by atoms with van der Waals surface area (Å²) in [5.41, 5.74) is 2.25. The Bertz CT molecular complexity index is 1150. The van der Waals surface area contributed by atoms with Crippen molar-refractivity contribution in [2.45, 2.75) is 25.3 Å². The van der Waals surface area contributed by atoms with Crippen molar-refractivity contribution < 1.29 is 23.0 Å². The van der Waals surface area contributed by atoms with Crippen LogP contribution in [0.1, 0.15) is 41.4 Å². The van der Waals surface area contributed by atoms with Gasteiger partial charge in [0.25, 0.3) is 0 Å². The standard InChI is InChI=1S/C25H22BrF3N2O2/c1-2-33-19-10-5-15(6-11-19)21-14-22(20-13-18(26)9-12-23(20)32)31-24(30-21)16-3-7-17(8-4-16)25(27,28)29/h3-14,22,24,30-32H,2H2,1H3. The third kappa shape index (κ3) is 5.34. The lowest BCUT2D eigenvalue weighted by molar-refractivity contribution is -0.137. The summed E-state index contributed by atoms with van der Waals surface area (Å²) in [4.78, 5) is 0. The van der Waals surface area contributed by atoms with Crippen LogP contribution in [0.4, 0.5) is 13.2 Å². The summed E-state index contributed by atoms with van der Waals surface area (Å²) in [5.74, 6) is 0.863. The lowest BCUT2D eigenvalue weighted by Crippen LogP contribution is -2.39. The van der Waals surface area contributed by atoms with Gasteiger partial charge in [0.1, 0.15) is 17.7 Å². The van der Waals surface area contributed by atoms with Gasteiger partial charge in [-0.05, 0) is 78.7 Å². The Labute approximate surface area is 198 Å². The molecule has 3 N–H and O–H groups in total. The second-order valence-electron chi connectivity index (χ2n) is 7.58. The summed E-state index contributed by atoms with van der Waals surface area (Å²) in [6.07, 6.45) is -2.94. The van der Waals surface area contributed by atoms with E-state index < -0.39 is 23.9 Å². The Hall–Kier alpha value is -2.97. The summed E-state index contributed by atoms with van der Waals surface area (Å²) < 4.78 is 45.4. The van der Waals surface area contributed by atoms with E-state index >= 15 is 0 Å². The molecule has 172 valence electrons. The smallest absolute Gasteiger partial charge is 0.416 e. The molecule has 0 amide bonds. The Morgan fingerprint density at radius 1 is 1.00 bits per heavy atom.